The van der Waals surface area contributed by atoms with Crippen molar-refractivity contribution in [3.63, 3.8) is 0 Å². The van der Waals surface area contributed by atoms with E-state index in [1.165, 1.54) is 0 Å². The summed E-state index contributed by atoms with van der Waals surface area (Å²) in [5.74, 6) is 12.2. The summed E-state index contributed by atoms with van der Waals surface area (Å²) in [5.41, 5.74) is 1.06. The molecule has 3 saturated heterocycles. The van der Waals surface area contributed by atoms with Crippen LogP contribution in [0.4, 0.5) is 4.79 Å². The van der Waals surface area contributed by atoms with Gasteiger partial charge in [-0.15, -0.1) is 0 Å². The van der Waals surface area contributed by atoms with Gasteiger partial charge in [0.05, 0.1) is 24.8 Å². The van der Waals surface area contributed by atoms with Gasteiger partial charge in [0.1, 0.15) is 30.7 Å². The number of rotatable bonds is 7. The van der Waals surface area contributed by atoms with Crippen molar-refractivity contribution < 1.29 is 53.0 Å². The van der Waals surface area contributed by atoms with Gasteiger partial charge in [-0.1, -0.05) is 35.8 Å². The standard InChI is InChI=1S/C35H33NO11/c1-17-13-20(41-4)15-24-21(17)7-5-9-23(24)32(39)44-25-14-19-11-12-35(27-16-42-34(40)45-27)26(47-35)10-6-8-22(19)31(25)46-33-28(36-3)30(38)29(37)18(2)43-33/h5,7-9,13-15,18,25-31,33,36-38H,16H2,1-4H3/b22-8+/t18-,25-,26-,27-,28-,29+,30-,31-,33-,35+/m1/s1. The van der Waals surface area contributed by atoms with E-state index in [1.54, 1.807) is 51.4 Å². The number of cyclic esters (lactones) is 2. The molecule has 2 aromatic rings. The molecule has 244 valence electrons. The predicted octanol–water partition coefficient (Wildman–Crippen LogP) is 1.68. The Bertz CT molecular complexity index is 1830. The quantitative estimate of drug-likeness (QED) is 0.229. The van der Waals surface area contributed by atoms with Crippen molar-refractivity contribution in [3.05, 3.63) is 64.8 Å². The normalized spacial score (nSPS) is 36.2. The number of nitrogens with one attached hydrogen (secondary N) is 1. The first kappa shape index (κ1) is 31.2. The van der Waals surface area contributed by atoms with Crippen LogP contribution in [0.15, 0.2) is 53.6 Å². The Morgan fingerprint density at radius 1 is 1.17 bits per heavy atom. The summed E-state index contributed by atoms with van der Waals surface area (Å²) in [4.78, 5) is 25.6. The fraction of sp³-hybridized carbons (Fsp3) is 0.429. The van der Waals surface area contributed by atoms with Crippen molar-refractivity contribution in [2.45, 2.75) is 74.5 Å². The van der Waals surface area contributed by atoms with Crippen LogP contribution in [-0.2, 0) is 28.4 Å². The van der Waals surface area contributed by atoms with Crippen LogP contribution in [0.1, 0.15) is 22.8 Å². The molecule has 0 bridgehead atoms. The van der Waals surface area contributed by atoms with Crippen LogP contribution >= 0.6 is 0 Å². The minimum absolute atomic E-state index is 0.0247. The molecule has 12 heteroatoms. The van der Waals surface area contributed by atoms with Gasteiger partial charge >= 0.3 is 12.1 Å². The molecule has 0 aromatic heterocycles. The van der Waals surface area contributed by atoms with Crippen LogP contribution in [0.3, 0.4) is 0 Å². The first-order valence-electron chi connectivity index (χ1n) is 15.2. The van der Waals surface area contributed by atoms with Gasteiger partial charge in [-0.05, 0) is 62.2 Å². The molecule has 0 saturated carbocycles. The third-order valence-corrected chi connectivity index (χ3v) is 9.13. The molecule has 0 radical (unpaired) electrons. The summed E-state index contributed by atoms with van der Waals surface area (Å²) in [6.45, 7) is 3.54. The van der Waals surface area contributed by atoms with Crippen LogP contribution in [0.2, 0.25) is 0 Å². The second kappa shape index (κ2) is 12.0. The first-order chi connectivity index (χ1) is 22.6. The Hall–Kier alpha value is -4.40. The number of fused-ring (bicyclic) bond motifs is 3. The summed E-state index contributed by atoms with van der Waals surface area (Å²) >= 11 is 0. The van der Waals surface area contributed by atoms with E-state index in [0.29, 0.717) is 27.8 Å². The summed E-state index contributed by atoms with van der Waals surface area (Å²) in [5, 5.41) is 25.8. The van der Waals surface area contributed by atoms with E-state index in [0.717, 1.165) is 10.9 Å². The van der Waals surface area contributed by atoms with E-state index in [9.17, 15) is 19.8 Å². The van der Waals surface area contributed by atoms with Crippen LogP contribution in [0.5, 0.6) is 5.75 Å². The largest absolute Gasteiger partial charge is 0.508 e. The number of carbonyl (C=O) groups is 2. The highest BCUT2D eigenvalue weighted by Gasteiger charge is 2.65. The summed E-state index contributed by atoms with van der Waals surface area (Å²) in [7, 11) is 3.18. The van der Waals surface area contributed by atoms with Crippen molar-refractivity contribution in [3.8, 4) is 29.4 Å². The molecular formula is C35H33NO11. The molecule has 2 aliphatic carbocycles. The van der Waals surface area contributed by atoms with Gasteiger partial charge in [-0.25, -0.2) is 9.59 Å². The fourth-order valence-corrected chi connectivity index (χ4v) is 6.43. The number of hydrogen-bond acceptors (Lipinski definition) is 12. The molecule has 3 aliphatic heterocycles. The van der Waals surface area contributed by atoms with Gasteiger partial charge in [-0.2, -0.15) is 0 Å². The number of epoxide rings is 1. The third-order valence-electron chi connectivity index (χ3n) is 9.13. The second-order valence-electron chi connectivity index (χ2n) is 12.0. The fourth-order valence-electron chi connectivity index (χ4n) is 6.43. The maximum atomic E-state index is 13.9. The van der Waals surface area contributed by atoms with Crippen molar-refractivity contribution in [1.82, 2.24) is 5.32 Å². The lowest BCUT2D eigenvalue weighted by Gasteiger charge is -2.42. The summed E-state index contributed by atoms with van der Waals surface area (Å²) < 4.78 is 40.2. The molecule has 0 unspecified atom stereocenters. The molecule has 5 aliphatic rings. The van der Waals surface area contributed by atoms with Gasteiger partial charge in [0.2, 0.25) is 5.60 Å². The molecule has 3 fully saturated rings. The lowest BCUT2D eigenvalue weighted by atomic mass is 9.97. The minimum Gasteiger partial charge on any atom is -0.497 e. The van der Waals surface area contributed by atoms with Crippen LogP contribution in [0, 0.1) is 30.6 Å². The number of allylic oxidation sites excluding steroid dienone is 1. The Kier molecular flexibility index (Phi) is 7.97. The highest BCUT2D eigenvalue weighted by molar-refractivity contribution is 6.06. The molecule has 3 heterocycles. The molecule has 10 atom stereocenters. The lowest BCUT2D eigenvalue weighted by Crippen LogP contribution is -2.62. The average Bonchev–Trinajstić information content (AvgIpc) is 3.39. The maximum Gasteiger partial charge on any atom is 0.508 e. The predicted molar refractivity (Wildman–Crippen MR) is 164 cm³/mol. The van der Waals surface area contributed by atoms with E-state index in [1.807, 2.05) is 19.1 Å². The smallest absolute Gasteiger partial charge is 0.497 e. The molecular weight excluding hydrogens is 610 g/mol. The van der Waals surface area contributed by atoms with Crippen LogP contribution < -0.4 is 10.1 Å². The molecule has 3 N–H and O–H groups in total. The molecule has 2 aromatic carbocycles. The second-order valence-corrected chi connectivity index (χ2v) is 12.0. The zero-order valence-electron chi connectivity index (χ0n) is 26.0. The Morgan fingerprint density at radius 3 is 2.74 bits per heavy atom. The van der Waals surface area contributed by atoms with Crippen molar-refractivity contribution in [1.29, 1.82) is 0 Å². The summed E-state index contributed by atoms with van der Waals surface area (Å²) in [6.07, 6.45) is -5.01. The monoisotopic (exact) mass is 643 g/mol. The topological polar surface area (TPSA) is 155 Å². The molecule has 7 rings (SSSR count). The van der Waals surface area contributed by atoms with E-state index in [4.69, 9.17) is 33.2 Å². The SMILES string of the molecule is CN[C@H]1[C@@H](O[C@@H]2/C3=C/C#C[C@H]4O[C@@]4([C@H]4COC(=O)O4)C#CC3=C[C@H]2OC(=O)c2cccc3c(C)cc(OC)cc23)O[C@H](C)[C@H](O)[C@@H]1O. The van der Waals surface area contributed by atoms with Gasteiger partial charge in [-0.3, -0.25) is 0 Å². The number of aryl methyl sites for hydroxylation is 1. The van der Waals surface area contributed by atoms with Crippen molar-refractivity contribution >= 4 is 22.9 Å². The number of hydrogen-bond donors (Lipinski definition) is 3. The van der Waals surface area contributed by atoms with E-state index >= 15 is 0 Å². The third kappa shape index (κ3) is 5.43. The van der Waals surface area contributed by atoms with Crippen LogP contribution in [0.25, 0.3) is 10.8 Å². The number of methoxy groups -OCH3 is 1. The maximum absolute atomic E-state index is 13.9. The number of ether oxygens (including phenoxy) is 7. The van der Waals surface area contributed by atoms with Gasteiger partial charge < -0.3 is 48.7 Å². The van der Waals surface area contributed by atoms with Crippen molar-refractivity contribution in [2.75, 3.05) is 20.8 Å². The zero-order valence-corrected chi connectivity index (χ0v) is 26.0. The highest BCUT2D eigenvalue weighted by Crippen LogP contribution is 2.43. The highest BCUT2D eigenvalue weighted by atomic mass is 16.8. The Morgan fingerprint density at radius 2 is 2.00 bits per heavy atom. The average molecular weight is 644 g/mol. The number of aliphatic hydroxyl groups excluding tert-OH is 2. The Balaban J connectivity index is 1.25. The van der Waals surface area contributed by atoms with E-state index in [2.05, 4.69) is 29.0 Å². The number of carbonyl (C=O) groups excluding carboxylic acids is 2. The number of esters is 1. The van der Waals surface area contributed by atoms with Gasteiger partial charge in [0, 0.05) is 16.5 Å². The molecule has 0 amide bonds. The Labute approximate surface area is 270 Å². The first-order valence-corrected chi connectivity index (χ1v) is 15.2. The lowest BCUT2D eigenvalue weighted by molar-refractivity contribution is -0.273. The van der Waals surface area contributed by atoms with E-state index in [-0.39, 0.29) is 6.61 Å². The summed E-state index contributed by atoms with van der Waals surface area (Å²) in [6, 6.07) is 8.25. The zero-order chi connectivity index (χ0) is 33.0. The van der Waals surface area contributed by atoms with Crippen LogP contribution in [-0.4, -0.2) is 104 Å². The van der Waals surface area contributed by atoms with Gasteiger partial charge in [0.15, 0.2) is 24.6 Å². The van der Waals surface area contributed by atoms with Gasteiger partial charge in [0.25, 0.3) is 0 Å². The number of likely N-dealkylation sites (N-methyl/N-ethyl adjacent to an activating group) is 1. The molecule has 47 heavy (non-hydrogen) atoms. The molecule has 0 spiro atoms. The van der Waals surface area contributed by atoms with Crippen molar-refractivity contribution in [2.24, 2.45) is 0 Å². The van der Waals surface area contributed by atoms with E-state index < -0.39 is 72.8 Å². The number of benzene rings is 2. The number of aliphatic hydroxyl groups is 2. The molecule has 12 nitrogen and oxygen atoms in total. The minimum atomic E-state index is -1.20.